The Hall–Kier alpha value is -2.94. The maximum atomic E-state index is 12.6. The molecule has 2 amide bonds. The first-order chi connectivity index (χ1) is 15.9. The zero-order valence-corrected chi connectivity index (χ0v) is 21.5. The van der Waals surface area contributed by atoms with Crippen molar-refractivity contribution in [3.8, 4) is 0 Å². The van der Waals surface area contributed by atoms with Crippen molar-refractivity contribution in [2.45, 2.75) is 66.6 Å². The minimum absolute atomic E-state index is 0.0419. The van der Waals surface area contributed by atoms with Crippen LogP contribution in [0, 0.1) is 19.8 Å². The molecule has 0 unspecified atom stereocenters. The van der Waals surface area contributed by atoms with Crippen LogP contribution in [0.3, 0.4) is 0 Å². The van der Waals surface area contributed by atoms with Crippen molar-refractivity contribution in [1.82, 2.24) is 9.88 Å². The van der Waals surface area contributed by atoms with Crippen molar-refractivity contribution in [2.24, 2.45) is 5.92 Å². The summed E-state index contributed by atoms with van der Waals surface area (Å²) in [6, 6.07) is 5.83. The van der Waals surface area contributed by atoms with Crippen molar-refractivity contribution < 1.29 is 23.9 Å². The lowest BCUT2D eigenvalue weighted by Gasteiger charge is -2.32. The minimum Gasteiger partial charge on any atom is -0.459 e. The van der Waals surface area contributed by atoms with Crippen LogP contribution in [0.4, 0.5) is 15.6 Å². The van der Waals surface area contributed by atoms with Crippen LogP contribution >= 0.6 is 11.3 Å². The van der Waals surface area contributed by atoms with Crippen molar-refractivity contribution >= 4 is 40.1 Å². The van der Waals surface area contributed by atoms with E-state index in [-0.39, 0.29) is 30.5 Å². The first-order valence-corrected chi connectivity index (χ1v) is 12.3. The van der Waals surface area contributed by atoms with Crippen molar-refractivity contribution in [2.75, 3.05) is 18.0 Å². The number of aryl methyl sites for hydroxylation is 2. The molecule has 0 bridgehead atoms. The van der Waals surface area contributed by atoms with E-state index < -0.39 is 5.60 Å². The molecule has 9 heteroatoms. The zero-order chi connectivity index (χ0) is 25.0. The molecular formula is C25H33N3O5S. The fraction of sp³-hybridized carbons (Fsp3) is 0.520. The number of likely N-dealkylation sites (tertiary alicyclic amines) is 1. The SMILES string of the molecule is CC(=O)N(c1ccc(C)c(C)c1)c1nc(COC(=O)C2CCN(C(=O)OC(C)(C)C)CC2)cs1. The smallest absolute Gasteiger partial charge is 0.410 e. The first kappa shape index (κ1) is 25.7. The Kier molecular flexibility index (Phi) is 7.97. The van der Waals surface area contributed by atoms with E-state index in [0.717, 1.165) is 16.8 Å². The molecule has 2 aromatic rings. The van der Waals surface area contributed by atoms with Gasteiger partial charge in [-0.15, -0.1) is 11.3 Å². The maximum Gasteiger partial charge on any atom is 0.410 e. The third-order valence-corrected chi connectivity index (χ3v) is 6.51. The number of benzene rings is 1. The number of ether oxygens (including phenoxy) is 2. The lowest BCUT2D eigenvalue weighted by atomic mass is 9.97. The number of piperidine rings is 1. The Morgan fingerprint density at radius 3 is 2.41 bits per heavy atom. The first-order valence-electron chi connectivity index (χ1n) is 11.4. The van der Waals surface area contributed by atoms with Crippen LogP contribution in [0.1, 0.15) is 57.4 Å². The van der Waals surface area contributed by atoms with Crippen LogP contribution in [-0.2, 0) is 25.7 Å². The van der Waals surface area contributed by atoms with Crippen LogP contribution < -0.4 is 4.90 Å². The lowest BCUT2D eigenvalue weighted by Crippen LogP contribution is -2.43. The molecule has 0 spiro atoms. The van der Waals surface area contributed by atoms with E-state index in [1.807, 2.05) is 52.8 Å². The second-order valence-corrected chi connectivity index (χ2v) is 10.4. The summed E-state index contributed by atoms with van der Waals surface area (Å²) in [5.74, 6) is -0.699. The number of hydrogen-bond acceptors (Lipinski definition) is 7. The Morgan fingerprint density at radius 2 is 1.82 bits per heavy atom. The molecule has 2 heterocycles. The highest BCUT2D eigenvalue weighted by molar-refractivity contribution is 7.14. The van der Waals surface area contributed by atoms with Crippen molar-refractivity contribution in [3.63, 3.8) is 0 Å². The largest absolute Gasteiger partial charge is 0.459 e. The van der Waals surface area contributed by atoms with Gasteiger partial charge in [-0.25, -0.2) is 9.78 Å². The lowest BCUT2D eigenvalue weighted by molar-refractivity contribution is -0.151. The van der Waals surface area contributed by atoms with Gasteiger partial charge in [-0.05, 0) is 70.7 Å². The molecule has 1 aliphatic rings. The molecule has 0 aliphatic carbocycles. The molecule has 0 saturated carbocycles. The van der Waals surface area contributed by atoms with Gasteiger partial charge in [0.2, 0.25) is 5.91 Å². The van der Waals surface area contributed by atoms with Gasteiger partial charge in [-0.2, -0.15) is 0 Å². The fourth-order valence-electron chi connectivity index (χ4n) is 3.64. The molecule has 3 rings (SSSR count). The van der Waals surface area contributed by atoms with Crippen LogP contribution in [0.15, 0.2) is 23.6 Å². The average molecular weight is 488 g/mol. The van der Waals surface area contributed by atoms with Gasteiger partial charge in [0.05, 0.1) is 17.3 Å². The Bertz CT molecular complexity index is 1050. The van der Waals surface area contributed by atoms with E-state index in [9.17, 15) is 14.4 Å². The van der Waals surface area contributed by atoms with Gasteiger partial charge in [-0.1, -0.05) is 6.07 Å². The predicted octanol–water partition coefficient (Wildman–Crippen LogP) is 5.13. The monoisotopic (exact) mass is 487 g/mol. The number of esters is 1. The number of rotatable bonds is 5. The summed E-state index contributed by atoms with van der Waals surface area (Å²) in [5.41, 5.74) is 3.04. The normalized spacial score (nSPS) is 14.6. The second-order valence-electron chi connectivity index (χ2n) is 9.59. The molecule has 0 N–H and O–H groups in total. The number of anilines is 2. The average Bonchev–Trinajstić information content (AvgIpc) is 3.21. The van der Waals surface area contributed by atoms with E-state index in [1.165, 1.54) is 18.3 Å². The molecule has 1 saturated heterocycles. The van der Waals surface area contributed by atoms with Gasteiger partial charge < -0.3 is 14.4 Å². The highest BCUT2D eigenvalue weighted by Crippen LogP contribution is 2.30. The van der Waals surface area contributed by atoms with Gasteiger partial charge in [0.1, 0.15) is 12.2 Å². The molecule has 184 valence electrons. The molecular weight excluding hydrogens is 454 g/mol. The van der Waals surface area contributed by atoms with Crippen LogP contribution in [-0.4, -0.2) is 46.5 Å². The summed E-state index contributed by atoms with van der Waals surface area (Å²) in [7, 11) is 0. The Balaban J connectivity index is 1.55. The van der Waals surface area contributed by atoms with Gasteiger partial charge in [0, 0.05) is 25.4 Å². The number of nitrogens with zero attached hydrogens (tertiary/aromatic N) is 3. The maximum absolute atomic E-state index is 12.6. The summed E-state index contributed by atoms with van der Waals surface area (Å²) in [6.45, 7) is 12.0. The van der Waals surface area contributed by atoms with Crippen molar-refractivity contribution in [1.29, 1.82) is 0 Å². The molecule has 1 fully saturated rings. The van der Waals surface area contributed by atoms with Gasteiger partial charge in [0.15, 0.2) is 5.13 Å². The number of amides is 2. The number of carbonyl (C=O) groups excluding carboxylic acids is 3. The number of carbonyl (C=O) groups is 3. The predicted molar refractivity (Wildman–Crippen MR) is 131 cm³/mol. The van der Waals surface area contributed by atoms with Gasteiger partial charge in [-0.3, -0.25) is 14.5 Å². The molecule has 8 nitrogen and oxygen atoms in total. The van der Waals surface area contributed by atoms with E-state index in [1.54, 1.807) is 15.2 Å². The quantitative estimate of drug-likeness (QED) is 0.543. The van der Waals surface area contributed by atoms with E-state index in [0.29, 0.717) is 36.8 Å². The van der Waals surface area contributed by atoms with E-state index in [4.69, 9.17) is 9.47 Å². The zero-order valence-electron chi connectivity index (χ0n) is 20.7. The molecule has 1 aromatic heterocycles. The minimum atomic E-state index is -0.546. The van der Waals surface area contributed by atoms with E-state index >= 15 is 0 Å². The number of aromatic nitrogens is 1. The number of hydrogen-bond donors (Lipinski definition) is 0. The Morgan fingerprint density at radius 1 is 1.15 bits per heavy atom. The fourth-order valence-corrected chi connectivity index (χ4v) is 4.52. The molecule has 0 radical (unpaired) electrons. The molecule has 0 atom stereocenters. The molecule has 1 aromatic carbocycles. The number of thiazole rings is 1. The van der Waals surface area contributed by atoms with Gasteiger partial charge >= 0.3 is 12.1 Å². The second kappa shape index (κ2) is 10.5. The summed E-state index contributed by atoms with van der Waals surface area (Å²) < 4.78 is 10.9. The van der Waals surface area contributed by atoms with Crippen LogP contribution in [0.25, 0.3) is 0 Å². The highest BCUT2D eigenvalue weighted by atomic mass is 32.1. The summed E-state index contributed by atoms with van der Waals surface area (Å²) >= 11 is 1.33. The van der Waals surface area contributed by atoms with Crippen LogP contribution in [0.2, 0.25) is 0 Å². The highest BCUT2D eigenvalue weighted by Gasteiger charge is 2.31. The molecule has 1 aliphatic heterocycles. The third-order valence-electron chi connectivity index (χ3n) is 5.64. The Labute approximate surface area is 204 Å². The van der Waals surface area contributed by atoms with Gasteiger partial charge in [0.25, 0.3) is 0 Å². The van der Waals surface area contributed by atoms with Crippen molar-refractivity contribution in [3.05, 3.63) is 40.4 Å². The van der Waals surface area contributed by atoms with E-state index in [2.05, 4.69) is 4.98 Å². The standard InChI is InChI=1S/C25H33N3O5S/c1-16-7-8-21(13-17(16)2)28(18(3)29)23-26-20(15-34-23)14-32-22(30)19-9-11-27(12-10-19)24(31)33-25(4,5)6/h7-8,13,15,19H,9-12,14H2,1-6H3. The summed E-state index contributed by atoms with van der Waals surface area (Å²) in [6.07, 6.45) is 0.712. The topological polar surface area (TPSA) is 89.0 Å². The molecule has 34 heavy (non-hydrogen) atoms. The summed E-state index contributed by atoms with van der Waals surface area (Å²) in [4.78, 5) is 44.8. The summed E-state index contributed by atoms with van der Waals surface area (Å²) in [5, 5.41) is 2.33. The van der Waals surface area contributed by atoms with Crippen LogP contribution in [0.5, 0.6) is 0 Å². The third kappa shape index (κ3) is 6.56.